The van der Waals surface area contributed by atoms with E-state index in [1.807, 2.05) is 0 Å². The average Bonchev–Trinajstić information content (AvgIpc) is 2.90. The third-order valence-corrected chi connectivity index (χ3v) is 5.38. The van der Waals surface area contributed by atoms with Gasteiger partial charge < -0.3 is 15.3 Å². The number of nitrogens with one attached hydrogen (secondary N) is 1. The van der Waals surface area contributed by atoms with E-state index in [-0.39, 0.29) is 0 Å². The van der Waals surface area contributed by atoms with Gasteiger partial charge in [-0.1, -0.05) is 26.7 Å². The van der Waals surface area contributed by atoms with Crippen LogP contribution in [-0.4, -0.2) is 48.8 Å². The largest absolute Gasteiger partial charge is 0.396 e. The Morgan fingerprint density at radius 2 is 2.00 bits per heavy atom. The lowest BCUT2D eigenvalue weighted by Gasteiger charge is -2.38. The highest BCUT2D eigenvalue weighted by Gasteiger charge is 2.32. The van der Waals surface area contributed by atoms with E-state index in [2.05, 4.69) is 24.1 Å². The van der Waals surface area contributed by atoms with Crippen molar-refractivity contribution in [2.45, 2.75) is 58.4 Å². The summed E-state index contributed by atoms with van der Waals surface area (Å²) >= 11 is 0. The van der Waals surface area contributed by atoms with Crippen molar-refractivity contribution < 1.29 is 5.11 Å². The minimum Gasteiger partial charge on any atom is -0.396 e. The molecule has 3 heteroatoms. The van der Waals surface area contributed by atoms with Gasteiger partial charge in [-0.05, 0) is 56.5 Å². The van der Waals surface area contributed by atoms with Gasteiger partial charge in [0.15, 0.2) is 0 Å². The fourth-order valence-electron chi connectivity index (χ4n) is 4.32. The lowest BCUT2D eigenvalue weighted by molar-refractivity contribution is 0.143. The third kappa shape index (κ3) is 4.44. The van der Waals surface area contributed by atoms with E-state index in [9.17, 15) is 5.11 Å². The Hall–Kier alpha value is -0.120. The molecule has 20 heavy (non-hydrogen) atoms. The van der Waals surface area contributed by atoms with E-state index in [1.54, 1.807) is 0 Å². The summed E-state index contributed by atoms with van der Waals surface area (Å²) in [6.45, 7) is 9.57. The summed E-state index contributed by atoms with van der Waals surface area (Å²) in [6, 6.07) is 0.723. The molecule has 1 aliphatic heterocycles. The second-order valence-corrected chi connectivity index (χ2v) is 6.99. The molecule has 4 unspecified atom stereocenters. The Morgan fingerprint density at radius 1 is 1.15 bits per heavy atom. The highest BCUT2D eigenvalue weighted by molar-refractivity contribution is 4.88. The van der Waals surface area contributed by atoms with Gasteiger partial charge in [-0.3, -0.25) is 0 Å². The average molecular weight is 282 g/mol. The molecular formula is C17H34N2O. The van der Waals surface area contributed by atoms with Gasteiger partial charge >= 0.3 is 0 Å². The highest BCUT2D eigenvalue weighted by atomic mass is 16.3. The summed E-state index contributed by atoms with van der Waals surface area (Å²) in [4.78, 5) is 2.60. The number of hydrogen-bond donors (Lipinski definition) is 2. The lowest BCUT2D eigenvalue weighted by Crippen LogP contribution is -2.45. The van der Waals surface area contributed by atoms with Gasteiger partial charge in [-0.25, -0.2) is 0 Å². The lowest BCUT2D eigenvalue weighted by atomic mass is 9.76. The quantitative estimate of drug-likeness (QED) is 0.753. The normalized spacial score (nSPS) is 35.5. The zero-order valence-corrected chi connectivity index (χ0v) is 13.5. The van der Waals surface area contributed by atoms with Gasteiger partial charge in [0, 0.05) is 25.7 Å². The summed E-state index contributed by atoms with van der Waals surface area (Å²) in [5.41, 5.74) is 0. The first kappa shape index (κ1) is 16.3. The van der Waals surface area contributed by atoms with Crippen LogP contribution in [0.4, 0.5) is 0 Å². The molecule has 1 heterocycles. The van der Waals surface area contributed by atoms with Crippen molar-refractivity contribution in [1.29, 1.82) is 0 Å². The highest BCUT2D eigenvalue weighted by Crippen LogP contribution is 2.33. The van der Waals surface area contributed by atoms with Crippen LogP contribution >= 0.6 is 0 Å². The van der Waals surface area contributed by atoms with E-state index in [0.717, 1.165) is 31.0 Å². The van der Waals surface area contributed by atoms with E-state index >= 15 is 0 Å². The number of aliphatic hydroxyl groups excluding tert-OH is 1. The number of aliphatic hydroxyl groups is 1. The zero-order chi connectivity index (χ0) is 14.4. The van der Waals surface area contributed by atoms with Crippen molar-refractivity contribution in [1.82, 2.24) is 10.2 Å². The van der Waals surface area contributed by atoms with E-state index < -0.39 is 0 Å². The summed E-state index contributed by atoms with van der Waals surface area (Å²) in [6.07, 6.45) is 8.12. The summed E-state index contributed by atoms with van der Waals surface area (Å²) < 4.78 is 0. The van der Waals surface area contributed by atoms with Gasteiger partial charge in [-0.2, -0.15) is 0 Å². The standard InChI is InChI=1S/C17H34N2O/c1-3-5-14-6-7-17(18-4-2)16(10-14)12-19-9-8-15(11-19)13-20/h14-18,20H,3-13H2,1-2H3. The maximum absolute atomic E-state index is 9.30. The SMILES string of the molecule is CCCC1CCC(NCC)C(CN2CCC(CO)C2)C1. The van der Waals surface area contributed by atoms with Crippen molar-refractivity contribution in [3.05, 3.63) is 0 Å². The molecule has 2 N–H and O–H groups in total. The first-order valence-corrected chi connectivity index (χ1v) is 8.83. The molecule has 0 spiro atoms. The Labute approximate surface area is 125 Å². The van der Waals surface area contributed by atoms with Crippen molar-refractivity contribution in [3.8, 4) is 0 Å². The van der Waals surface area contributed by atoms with Gasteiger partial charge in [0.2, 0.25) is 0 Å². The molecule has 0 aromatic rings. The van der Waals surface area contributed by atoms with Crippen LogP contribution in [0.2, 0.25) is 0 Å². The van der Waals surface area contributed by atoms with Gasteiger partial charge in [-0.15, -0.1) is 0 Å². The predicted octanol–water partition coefficient (Wildman–Crippen LogP) is 2.50. The van der Waals surface area contributed by atoms with Crippen molar-refractivity contribution in [2.75, 3.05) is 32.8 Å². The monoisotopic (exact) mass is 282 g/mol. The first-order chi connectivity index (χ1) is 9.76. The summed E-state index contributed by atoms with van der Waals surface area (Å²) in [5.74, 6) is 2.30. The van der Waals surface area contributed by atoms with Crippen LogP contribution in [0.3, 0.4) is 0 Å². The zero-order valence-electron chi connectivity index (χ0n) is 13.5. The molecule has 3 nitrogen and oxygen atoms in total. The van der Waals surface area contributed by atoms with Crippen molar-refractivity contribution in [2.24, 2.45) is 17.8 Å². The summed E-state index contributed by atoms with van der Waals surface area (Å²) in [5, 5.41) is 13.0. The van der Waals surface area contributed by atoms with E-state index in [1.165, 1.54) is 51.6 Å². The molecule has 1 aliphatic carbocycles. The van der Waals surface area contributed by atoms with Crippen LogP contribution in [0.5, 0.6) is 0 Å². The molecule has 0 radical (unpaired) electrons. The molecular weight excluding hydrogens is 248 g/mol. The Bertz CT molecular complexity index is 272. The second kappa shape index (κ2) is 8.35. The molecule has 1 saturated carbocycles. The van der Waals surface area contributed by atoms with E-state index in [4.69, 9.17) is 0 Å². The molecule has 0 bridgehead atoms. The molecule has 118 valence electrons. The van der Waals surface area contributed by atoms with Gasteiger partial charge in [0.05, 0.1) is 0 Å². The number of likely N-dealkylation sites (tertiary alicyclic amines) is 1. The minimum absolute atomic E-state index is 0.371. The molecule has 4 atom stereocenters. The molecule has 0 aromatic carbocycles. The van der Waals surface area contributed by atoms with E-state index in [0.29, 0.717) is 12.5 Å². The Kier molecular flexibility index (Phi) is 6.79. The predicted molar refractivity (Wildman–Crippen MR) is 84.8 cm³/mol. The minimum atomic E-state index is 0.371. The third-order valence-electron chi connectivity index (χ3n) is 5.38. The topological polar surface area (TPSA) is 35.5 Å². The first-order valence-electron chi connectivity index (χ1n) is 8.83. The molecule has 0 aromatic heterocycles. The maximum Gasteiger partial charge on any atom is 0.0471 e. The van der Waals surface area contributed by atoms with Crippen LogP contribution in [-0.2, 0) is 0 Å². The Morgan fingerprint density at radius 3 is 2.65 bits per heavy atom. The van der Waals surface area contributed by atoms with Gasteiger partial charge in [0.25, 0.3) is 0 Å². The molecule has 0 amide bonds. The van der Waals surface area contributed by atoms with Crippen molar-refractivity contribution in [3.63, 3.8) is 0 Å². The number of rotatable bonds is 7. The number of nitrogens with zero attached hydrogens (tertiary/aromatic N) is 1. The molecule has 2 aliphatic rings. The van der Waals surface area contributed by atoms with Crippen LogP contribution in [0.1, 0.15) is 52.4 Å². The summed E-state index contributed by atoms with van der Waals surface area (Å²) in [7, 11) is 0. The Balaban J connectivity index is 1.86. The molecule has 1 saturated heterocycles. The maximum atomic E-state index is 9.30. The fourth-order valence-corrected chi connectivity index (χ4v) is 4.32. The second-order valence-electron chi connectivity index (χ2n) is 6.99. The number of hydrogen-bond acceptors (Lipinski definition) is 3. The van der Waals surface area contributed by atoms with Crippen LogP contribution in [0, 0.1) is 17.8 Å². The van der Waals surface area contributed by atoms with Crippen LogP contribution in [0.15, 0.2) is 0 Å². The molecule has 2 fully saturated rings. The smallest absolute Gasteiger partial charge is 0.0471 e. The van der Waals surface area contributed by atoms with Crippen LogP contribution < -0.4 is 5.32 Å². The molecule has 2 rings (SSSR count). The van der Waals surface area contributed by atoms with Gasteiger partial charge in [0.1, 0.15) is 0 Å². The fraction of sp³-hybridized carbons (Fsp3) is 1.00. The van der Waals surface area contributed by atoms with Crippen LogP contribution in [0.25, 0.3) is 0 Å². The van der Waals surface area contributed by atoms with Crippen molar-refractivity contribution >= 4 is 0 Å².